The van der Waals surface area contributed by atoms with Crippen LogP contribution in [-0.2, 0) is 9.59 Å². The maximum atomic E-state index is 12.4. The van der Waals surface area contributed by atoms with Crippen molar-refractivity contribution >= 4 is 11.8 Å². The lowest BCUT2D eigenvalue weighted by Gasteiger charge is -2.29. The van der Waals surface area contributed by atoms with Crippen molar-refractivity contribution in [3.63, 3.8) is 0 Å². The molecule has 4 nitrogen and oxygen atoms in total. The SMILES string of the molecule is CCC(C[C@@H](C)C(=O)NC(C)(C)CC)C(=O)NC(C)(C)CC. The highest BCUT2D eigenvalue weighted by atomic mass is 16.2. The van der Waals surface area contributed by atoms with E-state index in [0.29, 0.717) is 6.42 Å². The van der Waals surface area contributed by atoms with Crippen LogP contribution in [0.3, 0.4) is 0 Å². The van der Waals surface area contributed by atoms with E-state index in [1.165, 1.54) is 0 Å². The molecule has 130 valence electrons. The molecule has 0 aliphatic rings. The molecule has 4 heteroatoms. The largest absolute Gasteiger partial charge is 0.351 e. The molecular formula is C18H36N2O2. The van der Waals surface area contributed by atoms with Crippen LogP contribution in [-0.4, -0.2) is 22.9 Å². The first-order valence-corrected chi connectivity index (χ1v) is 8.62. The van der Waals surface area contributed by atoms with Crippen LogP contribution in [0.5, 0.6) is 0 Å². The molecule has 0 radical (unpaired) electrons. The summed E-state index contributed by atoms with van der Waals surface area (Å²) >= 11 is 0. The molecule has 0 aliphatic carbocycles. The fourth-order valence-corrected chi connectivity index (χ4v) is 2.06. The van der Waals surface area contributed by atoms with Gasteiger partial charge in [-0.05, 0) is 53.4 Å². The van der Waals surface area contributed by atoms with Crippen molar-refractivity contribution in [1.29, 1.82) is 0 Å². The summed E-state index contributed by atoms with van der Waals surface area (Å²) in [5, 5.41) is 6.15. The average Bonchev–Trinajstić information content (AvgIpc) is 2.43. The normalized spacial score (nSPS) is 15.1. The Hall–Kier alpha value is -1.06. The van der Waals surface area contributed by atoms with Crippen molar-refractivity contribution in [2.75, 3.05) is 0 Å². The van der Waals surface area contributed by atoms with E-state index in [1.54, 1.807) is 0 Å². The maximum absolute atomic E-state index is 12.4. The van der Waals surface area contributed by atoms with Gasteiger partial charge in [0.05, 0.1) is 0 Å². The Morgan fingerprint density at radius 2 is 1.27 bits per heavy atom. The van der Waals surface area contributed by atoms with Gasteiger partial charge in [0.15, 0.2) is 0 Å². The van der Waals surface area contributed by atoms with Crippen LogP contribution in [0.2, 0.25) is 0 Å². The molecule has 2 amide bonds. The first-order valence-electron chi connectivity index (χ1n) is 8.62. The quantitative estimate of drug-likeness (QED) is 0.683. The molecule has 2 atom stereocenters. The Kier molecular flexibility index (Phi) is 8.13. The molecule has 0 saturated carbocycles. The Morgan fingerprint density at radius 3 is 1.64 bits per heavy atom. The summed E-state index contributed by atoms with van der Waals surface area (Å²) in [7, 11) is 0. The third kappa shape index (κ3) is 7.28. The average molecular weight is 312 g/mol. The molecule has 0 aromatic heterocycles. The number of hydrogen-bond acceptors (Lipinski definition) is 2. The Morgan fingerprint density at radius 1 is 0.864 bits per heavy atom. The highest BCUT2D eigenvalue weighted by molar-refractivity contribution is 5.82. The zero-order valence-electron chi connectivity index (χ0n) is 15.8. The second-order valence-corrected chi connectivity index (χ2v) is 7.70. The van der Waals surface area contributed by atoms with Crippen LogP contribution >= 0.6 is 0 Å². The van der Waals surface area contributed by atoms with Crippen molar-refractivity contribution in [2.45, 2.75) is 92.2 Å². The fraction of sp³-hybridized carbons (Fsp3) is 0.889. The Labute approximate surface area is 136 Å². The van der Waals surface area contributed by atoms with E-state index in [1.807, 2.05) is 41.5 Å². The lowest BCUT2D eigenvalue weighted by Crippen LogP contribution is -2.47. The van der Waals surface area contributed by atoms with Gasteiger partial charge in [0.2, 0.25) is 11.8 Å². The zero-order chi connectivity index (χ0) is 17.6. The highest BCUT2D eigenvalue weighted by Crippen LogP contribution is 2.19. The van der Waals surface area contributed by atoms with Crippen molar-refractivity contribution in [2.24, 2.45) is 11.8 Å². The topological polar surface area (TPSA) is 58.2 Å². The number of rotatable bonds is 9. The molecule has 0 bridgehead atoms. The third-order valence-electron chi connectivity index (χ3n) is 4.64. The Bertz CT molecular complexity index is 375. The van der Waals surface area contributed by atoms with Gasteiger partial charge in [0.1, 0.15) is 0 Å². The summed E-state index contributed by atoms with van der Waals surface area (Å²) in [5.74, 6) is -0.181. The van der Waals surface area contributed by atoms with Crippen LogP contribution in [0.4, 0.5) is 0 Å². The molecular weight excluding hydrogens is 276 g/mol. The molecule has 0 aromatic rings. The number of hydrogen-bond donors (Lipinski definition) is 2. The predicted molar refractivity (Wildman–Crippen MR) is 92.6 cm³/mol. The predicted octanol–water partition coefficient (Wildman–Crippen LogP) is 3.65. The van der Waals surface area contributed by atoms with Crippen LogP contribution in [0.15, 0.2) is 0 Å². The van der Waals surface area contributed by atoms with Gasteiger partial charge in [-0.25, -0.2) is 0 Å². The summed E-state index contributed by atoms with van der Waals surface area (Å²) < 4.78 is 0. The van der Waals surface area contributed by atoms with Gasteiger partial charge >= 0.3 is 0 Å². The number of carbonyl (C=O) groups is 2. The van der Waals surface area contributed by atoms with Crippen molar-refractivity contribution in [3.05, 3.63) is 0 Å². The van der Waals surface area contributed by atoms with Gasteiger partial charge in [0, 0.05) is 22.9 Å². The van der Waals surface area contributed by atoms with E-state index in [-0.39, 0.29) is 34.7 Å². The minimum Gasteiger partial charge on any atom is -0.351 e. The van der Waals surface area contributed by atoms with Gasteiger partial charge < -0.3 is 10.6 Å². The third-order valence-corrected chi connectivity index (χ3v) is 4.64. The van der Waals surface area contributed by atoms with Crippen molar-refractivity contribution < 1.29 is 9.59 Å². The monoisotopic (exact) mass is 312 g/mol. The number of carbonyl (C=O) groups excluding carboxylic acids is 2. The van der Waals surface area contributed by atoms with Crippen LogP contribution in [0.1, 0.15) is 81.1 Å². The smallest absolute Gasteiger partial charge is 0.223 e. The summed E-state index contributed by atoms with van der Waals surface area (Å²) in [5.41, 5.74) is -0.389. The van der Waals surface area contributed by atoms with Crippen molar-refractivity contribution in [1.82, 2.24) is 10.6 Å². The standard InChI is InChI=1S/C18H36N2O2/c1-9-14(16(22)20-18(7,8)11-3)12-13(4)15(21)19-17(5,6)10-2/h13-14H,9-12H2,1-8H3,(H,19,21)(H,20,22)/t13-,14?/m1/s1. The van der Waals surface area contributed by atoms with Crippen LogP contribution < -0.4 is 10.6 Å². The van der Waals surface area contributed by atoms with E-state index in [4.69, 9.17) is 0 Å². The first-order chi connectivity index (χ1) is 9.98. The van der Waals surface area contributed by atoms with Gasteiger partial charge in [-0.3, -0.25) is 9.59 Å². The van der Waals surface area contributed by atoms with Gasteiger partial charge in [-0.15, -0.1) is 0 Å². The second-order valence-electron chi connectivity index (χ2n) is 7.70. The second kappa shape index (κ2) is 8.54. The fourth-order valence-electron chi connectivity index (χ4n) is 2.06. The van der Waals surface area contributed by atoms with E-state index in [9.17, 15) is 9.59 Å². The van der Waals surface area contributed by atoms with E-state index < -0.39 is 0 Å². The maximum Gasteiger partial charge on any atom is 0.223 e. The highest BCUT2D eigenvalue weighted by Gasteiger charge is 2.28. The van der Waals surface area contributed by atoms with Gasteiger partial charge in [-0.1, -0.05) is 27.7 Å². The number of amides is 2. The molecule has 2 N–H and O–H groups in total. The van der Waals surface area contributed by atoms with E-state index in [2.05, 4.69) is 24.5 Å². The summed E-state index contributed by atoms with van der Waals surface area (Å²) in [6.07, 6.45) is 3.11. The van der Waals surface area contributed by atoms with E-state index >= 15 is 0 Å². The molecule has 0 heterocycles. The summed E-state index contributed by atoms with van der Waals surface area (Å²) in [4.78, 5) is 24.7. The molecule has 0 aromatic carbocycles. The van der Waals surface area contributed by atoms with Crippen LogP contribution in [0.25, 0.3) is 0 Å². The van der Waals surface area contributed by atoms with Crippen molar-refractivity contribution in [3.8, 4) is 0 Å². The van der Waals surface area contributed by atoms with Gasteiger partial charge in [0.25, 0.3) is 0 Å². The molecule has 22 heavy (non-hydrogen) atoms. The lowest BCUT2D eigenvalue weighted by molar-refractivity contribution is -0.129. The molecule has 0 aliphatic heterocycles. The summed E-state index contributed by atoms with van der Waals surface area (Å²) in [6.45, 7) is 16.1. The minimum atomic E-state index is -0.195. The molecule has 0 saturated heterocycles. The zero-order valence-corrected chi connectivity index (χ0v) is 15.8. The minimum absolute atomic E-state index is 0.0350. The molecule has 0 spiro atoms. The van der Waals surface area contributed by atoms with E-state index in [0.717, 1.165) is 19.3 Å². The molecule has 0 fully saturated rings. The Balaban J connectivity index is 4.67. The first kappa shape index (κ1) is 20.9. The lowest BCUT2D eigenvalue weighted by atomic mass is 9.90. The number of nitrogens with one attached hydrogen (secondary N) is 2. The molecule has 1 unspecified atom stereocenters. The summed E-state index contributed by atoms with van der Waals surface area (Å²) in [6, 6.07) is 0. The van der Waals surface area contributed by atoms with Crippen LogP contribution in [0, 0.1) is 11.8 Å². The van der Waals surface area contributed by atoms with Gasteiger partial charge in [-0.2, -0.15) is 0 Å². The molecule has 0 rings (SSSR count).